The van der Waals surface area contributed by atoms with Crippen LogP contribution in [0.2, 0.25) is 0 Å². The first-order valence-corrected chi connectivity index (χ1v) is 12.0. The molecule has 0 unspecified atom stereocenters. The fraction of sp³-hybridized carbons (Fsp3) is 0.667. The van der Waals surface area contributed by atoms with Gasteiger partial charge in [0, 0.05) is 13.1 Å². The second-order valence-corrected chi connectivity index (χ2v) is 10.1. The molecule has 2 aliphatic heterocycles. The fourth-order valence-corrected chi connectivity index (χ4v) is 5.63. The zero-order valence-electron chi connectivity index (χ0n) is 17.4. The SMILES string of the molecule is CC[C@H](C)c1ccc(S(=O)(=O)N2CC[NH+]([C@@H](C)C(=O)N3CCCC3)CC2)cc1. The Morgan fingerprint density at radius 2 is 1.61 bits per heavy atom. The largest absolute Gasteiger partial charge is 0.338 e. The summed E-state index contributed by atoms with van der Waals surface area (Å²) in [6.07, 6.45) is 3.22. The zero-order valence-corrected chi connectivity index (χ0v) is 18.2. The van der Waals surface area contributed by atoms with Crippen LogP contribution in [0.1, 0.15) is 51.5 Å². The van der Waals surface area contributed by atoms with Crippen LogP contribution in [0.4, 0.5) is 0 Å². The van der Waals surface area contributed by atoms with Crippen LogP contribution in [0.3, 0.4) is 0 Å². The number of carbonyl (C=O) groups excluding carboxylic acids is 1. The lowest BCUT2D eigenvalue weighted by Gasteiger charge is -2.35. The number of carbonyl (C=O) groups is 1. The third kappa shape index (κ3) is 4.42. The Morgan fingerprint density at radius 3 is 2.14 bits per heavy atom. The van der Waals surface area contributed by atoms with Gasteiger partial charge in [-0.3, -0.25) is 4.79 Å². The first-order chi connectivity index (χ1) is 13.3. The van der Waals surface area contributed by atoms with E-state index < -0.39 is 10.0 Å². The van der Waals surface area contributed by atoms with Crippen molar-refractivity contribution >= 4 is 15.9 Å². The number of nitrogens with zero attached hydrogens (tertiary/aromatic N) is 2. The molecule has 2 atom stereocenters. The highest BCUT2D eigenvalue weighted by molar-refractivity contribution is 7.89. The van der Waals surface area contributed by atoms with Gasteiger partial charge in [0.15, 0.2) is 6.04 Å². The van der Waals surface area contributed by atoms with E-state index >= 15 is 0 Å². The maximum atomic E-state index is 13.0. The lowest BCUT2D eigenvalue weighted by Crippen LogP contribution is -3.19. The molecule has 2 heterocycles. The van der Waals surface area contributed by atoms with Gasteiger partial charge in [0.2, 0.25) is 10.0 Å². The molecule has 0 radical (unpaired) electrons. The number of nitrogens with one attached hydrogen (secondary N) is 1. The van der Waals surface area contributed by atoms with Crippen molar-refractivity contribution in [3.8, 4) is 0 Å². The number of likely N-dealkylation sites (tertiary alicyclic amines) is 1. The van der Waals surface area contributed by atoms with Crippen LogP contribution in [0, 0.1) is 0 Å². The van der Waals surface area contributed by atoms with E-state index in [4.69, 9.17) is 0 Å². The summed E-state index contributed by atoms with van der Waals surface area (Å²) in [5, 5.41) is 0. The highest BCUT2D eigenvalue weighted by Gasteiger charge is 2.36. The molecular formula is C21H34N3O3S+. The molecule has 156 valence electrons. The Balaban J connectivity index is 1.61. The van der Waals surface area contributed by atoms with Crippen LogP contribution >= 0.6 is 0 Å². The normalized spacial score (nSPS) is 21.6. The van der Waals surface area contributed by atoms with E-state index in [9.17, 15) is 13.2 Å². The smallest absolute Gasteiger partial charge is 0.280 e. The molecule has 0 bridgehead atoms. The third-order valence-electron chi connectivity index (χ3n) is 6.46. The monoisotopic (exact) mass is 408 g/mol. The van der Waals surface area contributed by atoms with Crippen molar-refractivity contribution in [1.29, 1.82) is 0 Å². The summed E-state index contributed by atoms with van der Waals surface area (Å²) < 4.78 is 27.6. The molecule has 3 rings (SSSR count). The Hall–Kier alpha value is -1.44. The summed E-state index contributed by atoms with van der Waals surface area (Å²) >= 11 is 0. The summed E-state index contributed by atoms with van der Waals surface area (Å²) in [6, 6.07) is 7.22. The predicted octanol–water partition coefficient (Wildman–Crippen LogP) is 1.10. The standard InChI is InChI=1S/C21H33N3O3S/c1-4-17(2)19-7-9-20(10-8-19)28(26,27)24-15-13-22(14-16-24)18(3)21(25)23-11-5-6-12-23/h7-10,17-18H,4-6,11-16H2,1-3H3/p+1/t17-,18-/m0/s1. The molecule has 1 amide bonds. The topological polar surface area (TPSA) is 62.1 Å². The molecule has 1 aromatic carbocycles. The summed E-state index contributed by atoms with van der Waals surface area (Å²) in [6.45, 7) is 10.3. The van der Waals surface area contributed by atoms with Gasteiger partial charge >= 0.3 is 0 Å². The minimum atomic E-state index is -3.47. The Morgan fingerprint density at radius 1 is 1.04 bits per heavy atom. The van der Waals surface area contributed by atoms with Gasteiger partial charge in [-0.2, -0.15) is 4.31 Å². The van der Waals surface area contributed by atoms with Crippen LogP contribution in [-0.2, 0) is 14.8 Å². The van der Waals surface area contributed by atoms with Gasteiger partial charge in [0.05, 0.1) is 31.1 Å². The number of amides is 1. The van der Waals surface area contributed by atoms with Gasteiger partial charge in [-0.1, -0.05) is 26.0 Å². The molecule has 28 heavy (non-hydrogen) atoms. The third-order valence-corrected chi connectivity index (χ3v) is 8.38. The van der Waals surface area contributed by atoms with Crippen LogP contribution < -0.4 is 4.90 Å². The molecule has 0 aliphatic carbocycles. The van der Waals surface area contributed by atoms with E-state index in [1.54, 1.807) is 16.4 Å². The second-order valence-electron chi connectivity index (χ2n) is 8.19. The second kappa shape index (κ2) is 8.93. The average Bonchev–Trinajstić information content (AvgIpc) is 3.27. The summed E-state index contributed by atoms with van der Waals surface area (Å²) in [5.74, 6) is 0.642. The molecule has 6 nitrogen and oxygen atoms in total. The van der Waals surface area contributed by atoms with Gasteiger partial charge < -0.3 is 9.80 Å². The van der Waals surface area contributed by atoms with Crippen molar-refractivity contribution in [2.45, 2.75) is 56.9 Å². The van der Waals surface area contributed by atoms with Crippen molar-refractivity contribution in [1.82, 2.24) is 9.21 Å². The highest BCUT2D eigenvalue weighted by atomic mass is 32.2. The van der Waals surface area contributed by atoms with E-state index in [0.29, 0.717) is 37.0 Å². The summed E-state index contributed by atoms with van der Waals surface area (Å²) in [7, 11) is -3.47. The van der Waals surface area contributed by atoms with Crippen LogP contribution in [0.5, 0.6) is 0 Å². The van der Waals surface area contributed by atoms with Crippen LogP contribution in [-0.4, -0.2) is 68.8 Å². The van der Waals surface area contributed by atoms with Gasteiger partial charge in [-0.15, -0.1) is 0 Å². The molecule has 7 heteroatoms. The van der Waals surface area contributed by atoms with E-state index in [-0.39, 0.29) is 11.9 Å². The quantitative estimate of drug-likeness (QED) is 0.767. The molecule has 0 spiro atoms. The van der Waals surface area contributed by atoms with E-state index in [2.05, 4.69) is 13.8 Å². The molecule has 1 aromatic rings. The molecular weight excluding hydrogens is 374 g/mol. The highest BCUT2D eigenvalue weighted by Crippen LogP contribution is 2.22. The minimum Gasteiger partial charge on any atom is -0.338 e. The Bertz CT molecular complexity index is 765. The summed E-state index contributed by atoms with van der Waals surface area (Å²) in [4.78, 5) is 16.1. The first-order valence-electron chi connectivity index (χ1n) is 10.6. The van der Waals surface area contributed by atoms with E-state index in [1.807, 2.05) is 24.0 Å². The first kappa shape index (κ1) is 21.3. The van der Waals surface area contributed by atoms with E-state index in [1.165, 1.54) is 10.5 Å². The average molecular weight is 409 g/mol. The van der Waals surface area contributed by atoms with E-state index in [0.717, 1.165) is 32.4 Å². The van der Waals surface area contributed by atoms with Gasteiger partial charge in [-0.25, -0.2) is 8.42 Å². The fourth-order valence-electron chi connectivity index (χ4n) is 4.19. The molecule has 2 saturated heterocycles. The van der Waals surface area contributed by atoms with Crippen LogP contribution in [0.15, 0.2) is 29.2 Å². The molecule has 1 N–H and O–H groups in total. The molecule has 0 aromatic heterocycles. The van der Waals surface area contributed by atoms with Gasteiger partial charge in [0.25, 0.3) is 5.91 Å². The summed E-state index contributed by atoms with van der Waals surface area (Å²) in [5.41, 5.74) is 1.17. The van der Waals surface area contributed by atoms with Crippen LogP contribution in [0.25, 0.3) is 0 Å². The van der Waals surface area contributed by atoms with Gasteiger partial charge in [-0.05, 0) is 49.8 Å². The number of hydrogen-bond donors (Lipinski definition) is 1. The van der Waals surface area contributed by atoms with Crippen molar-refractivity contribution < 1.29 is 18.1 Å². The lowest BCUT2D eigenvalue weighted by atomic mass is 9.99. The Kier molecular flexibility index (Phi) is 6.78. The van der Waals surface area contributed by atoms with Crippen molar-refractivity contribution in [2.24, 2.45) is 0 Å². The maximum Gasteiger partial charge on any atom is 0.280 e. The zero-order chi connectivity index (χ0) is 20.3. The minimum absolute atomic E-state index is 0.0993. The number of sulfonamides is 1. The number of rotatable bonds is 6. The molecule has 2 fully saturated rings. The predicted molar refractivity (Wildman–Crippen MR) is 110 cm³/mol. The number of quaternary nitrogens is 1. The van der Waals surface area contributed by atoms with Crippen molar-refractivity contribution in [3.05, 3.63) is 29.8 Å². The van der Waals surface area contributed by atoms with Crippen molar-refractivity contribution in [3.63, 3.8) is 0 Å². The maximum absolute atomic E-state index is 13.0. The lowest BCUT2D eigenvalue weighted by molar-refractivity contribution is -0.918. The Labute approximate surface area is 169 Å². The van der Waals surface area contributed by atoms with Gasteiger partial charge in [0.1, 0.15) is 0 Å². The number of hydrogen-bond acceptors (Lipinski definition) is 3. The molecule has 0 saturated carbocycles. The van der Waals surface area contributed by atoms with Crippen molar-refractivity contribution in [2.75, 3.05) is 39.3 Å². The number of piperazine rings is 1. The molecule has 2 aliphatic rings. The number of benzene rings is 1.